The molecule has 0 amide bonds. The summed E-state index contributed by atoms with van der Waals surface area (Å²) in [7, 11) is -2.52. The summed E-state index contributed by atoms with van der Waals surface area (Å²) in [6.07, 6.45) is -6.20. The molecule has 0 bridgehead atoms. The Labute approximate surface area is 352 Å². The first kappa shape index (κ1) is 45.9. The third-order valence-corrected chi connectivity index (χ3v) is 15.8. The molecule has 3 rings (SSSR count). The van der Waals surface area contributed by atoms with Crippen LogP contribution in [0.5, 0.6) is 0 Å². The molecule has 10 nitrogen and oxygen atoms in total. The number of benzene rings is 1. The Hall–Kier alpha value is 0.920. The minimum absolute atomic E-state index is 0. The number of hydrogen-bond acceptors (Lipinski definition) is 10. The Morgan fingerprint density at radius 3 is 2.00 bits per heavy atom. The van der Waals surface area contributed by atoms with E-state index in [2.05, 4.69) is 0 Å². The van der Waals surface area contributed by atoms with Crippen LogP contribution in [-0.2, 0) is 14.0 Å². The van der Waals surface area contributed by atoms with Gasteiger partial charge in [-0.15, -0.1) is 0 Å². The van der Waals surface area contributed by atoms with Gasteiger partial charge in [-0.05, 0) is 56.6 Å². The molecule has 2 aliphatic carbocycles. The molecule has 260 valence electrons. The van der Waals surface area contributed by atoms with Crippen molar-refractivity contribution in [3.05, 3.63) is 47.5 Å². The first-order chi connectivity index (χ1) is 20.8. The molecule has 2 aliphatic rings. The van der Waals surface area contributed by atoms with Crippen LogP contribution < -0.4 is 0 Å². The van der Waals surface area contributed by atoms with Crippen molar-refractivity contribution >= 4 is 20.1 Å². The van der Waals surface area contributed by atoms with Gasteiger partial charge in [0, 0.05) is 112 Å². The smallest absolute Gasteiger partial charge is 0.338 e. The number of carbonyl (C=O) groups excluding carboxylic acids is 2. The topological polar surface area (TPSA) is 174 Å². The van der Waals surface area contributed by atoms with Crippen LogP contribution in [0.4, 0.5) is 0 Å². The van der Waals surface area contributed by atoms with Crippen molar-refractivity contribution in [2.75, 3.05) is 6.61 Å². The molecular formula is C34H54Ac2O10Si. The number of ether oxygens (including phenoxy) is 1. The average Bonchev–Trinajstić information content (AvgIpc) is 3.00. The summed E-state index contributed by atoms with van der Waals surface area (Å²) < 4.78 is 13.0. The number of ketones is 1. The Balaban J connectivity index is 0.00000552. The van der Waals surface area contributed by atoms with E-state index in [0.29, 0.717) is 23.7 Å². The molecule has 47 heavy (non-hydrogen) atoms. The first-order valence-corrected chi connectivity index (χ1v) is 18.6. The Bertz CT molecular complexity index is 1230. The van der Waals surface area contributed by atoms with E-state index in [9.17, 15) is 40.2 Å². The van der Waals surface area contributed by atoms with Crippen LogP contribution in [-0.4, -0.2) is 99.0 Å². The van der Waals surface area contributed by atoms with Gasteiger partial charge in [0.1, 0.15) is 23.4 Å². The number of rotatable bonds is 12. The van der Waals surface area contributed by atoms with Crippen LogP contribution in [0.15, 0.2) is 42.0 Å². The molecule has 0 heterocycles. The van der Waals surface area contributed by atoms with Crippen LogP contribution in [0.25, 0.3) is 0 Å². The van der Waals surface area contributed by atoms with E-state index < -0.39 is 85.1 Å². The minimum Gasteiger partial charge on any atom is -0.455 e. The van der Waals surface area contributed by atoms with Crippen molar-refractivity contribution in [1.82, 2.24) is 0 Å². The summed E-state index contributed by atoms with van der Waals surface area (Å²) in [6, 6.07) is 10.1. The van der Waals surface area contributed by atoms with Gasteiger partial charge in [0.05, 0.1) is 35.9 Å². The predicted molar refractivity (Wildman–Crippen MR) is 172 cm³/mol. The maximum Gasteiger partial charge on any atom is 0.338 e. The van der Waals surface area contributed by atoms with E-state index in [-0.39, 0.29) is 107 Å². The van der Waals surface area contributed by atoms with Gasteiger partial charge in [-0.3, -0.25) is 4.79 Å². The van der Waals surface area contributed by atoms with Gasteiger partial charge in [-0.2, -0.15) is 0 Å². The van der Waals surface area contributed by atoms with Gasteiger partial charge in [0.25, 0.3) is 0 Å². The van der Waals surface area contributed by atoms with Crippen molar-refractivity contribution < 1.29 is 138 Å². The third-order valence-electron chi connectivity index (χ3n) is 11.1. The second-order valence-electron chi connectivity index (χ2n) is 14.0. The van der Waals surface area contributed by atoms with Gasteiger partial charge < -0.3 is 39.8 Å². The summed E-state index contributed by atoms with van der Waals surface area (Å²) in [6.45, 7) is 12.8. The van der Waals surface area contributed by atoms with Gasteiger partial charge in [-0.1, -0.05) is 58.9 Å². The molecule has 0 spiro atoms. The molecule has 9 atom stereocenters. The minimum atomic E-state index is -2.52. The van der Waals surface area contributed by atoms with E-state index in [1.54, 1.807) is 45.0 Å². The molecule has 13 heteroatoms. The third kappa shape index (κ3) is 8.60. The van der Waals surface area contributed by atoms with Crippen molar-refractivity contribution in [2.24, 2.45) is 16.7 Å². The molecule has 0 aromatic heterocycles. The average molecular weight is 1100 g/mol. The van der Waals surface area contributed by atoms with Gasteiger partial charge >= 0.3 is 5.97 Å². The fraction of sp³-hybridized carbons (Fsp3) is 0.706. The molecule has 2 radical (unpaired) electrons. The van der Waals surface area contributed by atoms with E-state index in [4.69, 9.17) is 9.16 Å². The quantitative estimate of drug-likeness (QED) is 0.104. The van der Waals surface area contributed by atoms with Crippen LogP contribution in [0.1, 0.15) is 78.6 Å². The normalized spacial score (nSPS) is 33.4. The van der Waals surface area contributed by atoms with Crippen molar-refractivity contribution in [2.45, 2.75) is 128 Å². The second kappa shape index (κ2) is 17.6. The maximum atomic E-state index is 14.4. The van der Waals surface area contributed by atoms with Crippen molar-refractivity contribution in [3.63, 3.8) is 0 Å². The van der Waals surface area contributed by atoms with Crippen molar-refractivity contribution in [3.8, 4) is 0 Å². The van der Waals surface area contributed by atoms with E-state index in [1.807, 2.05) is 20.8 Å². The molecule has 6 N–H and O–H groups in total. The molecule has 0 saturated heterocycles. The van der Waals surface area contributed by atoms with Crippen molar-refractivity contribution in [1.29, 1.82) is 0 Å². The van der Waals surface area contributed by atoms with Crippen LogP contribution in [0.2, 0.25) is 18.1 Å². The second-order valence-corrected chi connectivity index (χ2v) is 18.7. The predicted octanol–water partition coefficient (Wildman–Crippen LogP) is 3.13. The summed E-state index contributed by atoms with van der Waals surface area (Å²) in [5.41, 5.74) is -7.04. The summed E-state index contributed by atoms with van der Waals surface area (Å²) >= 11 is 0. The summed E-state index contributed by atoms with van der Waals surface area (Å²) in [5.74, 6) is -3.33. The fourth-order valence-corrected chi connectivity index (χ4v) is 10.7. The molecule has 0 aliphatic heterocycles. The van der Waals surface area contributed by atoms with E-state index in [1.165, 1.54) is 26.0 Å². The molecule has 1 saturated carbocycles. The molecule has 1 fully saturated rings. The van der Waals surface area contributed by atoms with Crippen LogP contribution in [0, 0.1) is 105 Å². The zero-order valence-corrected chi connectivity index (χ0v) is 39.6. The number of esters is 1. The molecule has 1 aromatic carbocycles. The Morgan fingerprint density at radius 2 is 1.53 bits per heavy atom. The number of hydrogen-bond donors (Lipinski definition) is 6. The Morgan fingerprint density at radius 1 is 1.00 bits per heavy atom. The zero-order chi connectivity index (χ0) is 34.2. The van der Waals surface area contributed by atoms with Gasteiger partial charge in [-0.25, -0.2) is 4.79 Å². The van der Waals surface area contributed by atoms with Crippen LogP contribution in [0.3, 0.4) is 0 Å². The molecule has 1 aromatic rings. The van der Waals surface area contributed by atoms with Crippen LogP contribution >= 0.6 is 0 Å². The standard InChI is InChI=1S/C34H54O10Si.2Ac/c1-9-45(10-2,11-3)44-26-17-25(38)33(41,20-35)27(32(26,8)28(39)22(5)36)29(43-30(40)23-15-13-12-14-16-23)34(42)19-24(37)21(4)18-31(34,6)7;;/h12-16,18,22,24-27,29,35-38,41-42H,9-11,17,19-20H2,1-8H3;;/t22-,24+,25+,26?,27?,29+,32-,33+,34-;;/m1../s1. The number of Topliss-reactive ketones (excluding diaryl/α,β-unsaturated/α-hetero) is 1. The van der Waals surface area contributed by atoms with Gasteiger partial charge in [0.2, 0.25) is 0 Å². The summed E-state index contributed by atoms with van der Waals surface area (Å²) in [4.78, 5) is 28.2. The fourth-order valence-electron chi connectivity index (χ4n) is 7.78. The summed E-state index contributed by atoms with van der Waals surface area (Å²) in [5, 5.41) is 69.4. The molecular weight excluding hydrogens is 1050 g/mol. The molecule has 2 unspecified atom stereocenters. The largest absolute Gasteiger partial charge is 0.455 e. The zero-order valence-electron chi connectivity index (χ0n) is 29.1. The monoisotopic (exact) mass is 1100 g/mol. The first-order valence-electron chi connectivity index (χ1n) is 16.1. The SMILES string of the molecule is CC[Si](CC)(CC)OC1C[C@H](O)[C@@](O)(CO)C([C@H](OC(=O)c2ccccc2)[C@]2(O)C[C@H](O)C(C)=CC2(C)C)[C@]1(C)C(=O)[C@@H](C)O.[Ac].[Ac]. The number of aliphatic hydroxyl groups excluding tert-OH is 4. The van der Waals surface area contributed by atoms with Gasteiger partial charge in [0.15, 0.2) is 14.1 Å². The van der Waals surface area contributed by atoms with E-state index >= 15 is 0 Å². The number of aliphatic hydroxyl groups is 6. The van der Waals surface area contributed by atoms with E-state index in [0.717, 1.165) is 0 Å². The number of carbonyl (C=O) groups is 2. The Kier molecular flexibility index (Phi) is 17.2. The maximum absolute atomic E-state index is 14.4.